The molecule has 3 aromatic rings. The Morgan fingerprint density at radius 3 is 1.97 bits per heavy atom. The first-order valence-electron chi connectivity index (χ1n) is 9.68. The second-order valence-corrected chi connectivity index (χ2v) is 7.50. The number of rotatable bonds is 3. The molecule has 0 radical (unpaired) electrons. The van der Waals surface area contributed by atoms with Crippen LogP contribution in [0, 0.1) is 0 Å². The van der Waals surface area contributed by atoms with Gasteiger partial charge in [0.15, 0.2) is 0 Å². The Morgan fingerprint density at radius 1 is 0.759 bits per heavy atom. The van der Waals surface area contributed by atoms with E-state index in [1.165, 1.54) is 28.8 Å². The van der Waals surface area contributed by atoms with Crippen LogP contribution in [0.4, 0.5) is 13.2 Å². The number of hydrogen-bond acceptors (Lipinski definition) is 2. The Kier molecular flexibility index (Phi) is 5.33. The summed E-state index contributed by atoms with van der Waals surface area (Å²) in [4.78, 5) is 2.39. The van der Waals surface area contributed by atoms with Gasteiger partial charge in [0, 0.05) is 19.6 Å². The average molecular weight is 397 g/mol. The third-order valence-electron chi connectivity index (χ3n) is 5.49. The van der Waals surface area contributed by atoms with Crippen molar-refractivity contribution in [1.82, 2.24) is 4.90 Å². The van der Waals surface area contributed by atoms with Crippen LogP contribution in [-0.4, -0.2) is 23.1 Å². The first-order valence-corrected chi connectivity index (χ1v) is 9.68. The molecule has 3 aromatic carbocycles. The number of alkyl halides is 3. The van der Waals surface area contributed by atoms with Crippen LogP contribution in [0.25, 0.3) is 11.1 Å². The number of benzene rings is 3. The van der Waals surface area contributed by atoms with E-state index in [1.54, 1.807) is 6.07 Å². The van der Waals surface area contributed by atoms with E-state index >= 15 is 0 Å². The predicted molar refractivity (Wildman–Crippen MR) is 108 cm³/mol. The molecule has 0 saturated heterocycles. The van der Waals surface area contributed by atoms with Gasteiger partial charge in [0.1, 0.15) is 5.75 Å². The zero-order valence-corrected chi connectivity index (χ0v) is 15.9. The van der Waals surface area contributed by atoms with E-state index in [9.17, 15) is 18.3 Å². The molecule has 29 heavy (non-hydrogen) atoms. The molecule has 2 nitrogen and oxygen atoms in total. The smallest absolute Gasteiger partial charge is 0.416 e. The van der Waals surface area contributed by atoms with E-state index < -0.39 is 11.7 Å². The summed E-state index contributed by atoms with van der Waals surface area (Å²) in [6.07, 6.45) is -2.44. The fourth-order valence-electron chi connectivity index (χ4n) is 3.83. The highest BCUT2D eigenvalue weighted by Gasteiger charge is 2.29. The van der Waals surface area contributed by atoms with Gasteiger partial charge in [-0.3, -0.25) is 4.90 Å². The summed E-state index contributed by atoms with van der Waals surface area (Å²) in [6, 6.07) is 18.9. The van der Waals surface area contributed by atoms with Gasteiger partial charge in [-0.05, 0) is 64.9 Å². The summed E-state index contributed by atoms with van der Waals surface area (Å²) < 4.78 is 38.1. The lowest BCUT2D eigenvalue weighted by molar-refractivity contribution is -0.137. The fourth-order valence-corrected chi connectivity index (χ4v) is 3.83. The van der Waals surface area contributed by atoms with Gasteiger partial charge in [-0.15, -0.1) is 0 Å². The topological polar surface area (TPSA) is 23.5 Å². The van der Waals surface area contributed by atoms with Crippen LogP contribution < -0.4 is 0 Å². The van der Waals surface area contributed by atoms with Crippen molar-refractivity contribution in [3.63, 3.8) is 0 Å². The number of hydrogen-bond donors (Lipinski definition) is 1. The first kappa shape index (κ1) is 19.5. The van der Waals surface area contributed by atoms with Crippen LogP contribution in [-0.2, 0) is 25.6 Å². The molecule has 0 bridgehead atoms. The summed E-state index contributed by atoms with van der Waals surface area (Å²) in [5.74, 6) is 0.316. The highest BCUT2D eigenvalue weighted by atomic mass is 19.4. The molecule has 0 unspecified atom stereocenters. The van der Waals surface area contributed by atoms with E-state index in [4.69, 9.17) is 0 Å². The molecule has 0 saturated carbocycles. The highest BCUT2D eigenvalue weighted by Crippen LogP contribution is 2.31. The number of phenolic OH excluding ortho intramolecular Hbond substituents is 1. The minimum atomic E-state index is -4.31. The molecular weight excluding hydrogens is 375 g/mol. The van der Waals surface area contributed by atoms with Crippen molar-refractivity contribution < 1.29 is 18.3 Å². The summed E-state index contributed by atoms with van der Waals surface area (Å²) in [5.41, 5.74) is 4.73. The van der Waals surface area contributed by atoms with Gasteiger partial charge in [-0.25, -0.2) is 0 Å². The van der Waals surface area contributed by atoms with E-state index in [0.717, 1.165) is 55.7 Å². The molecule has 0 spiro atoms. The second kappa shape index (κ2) is 7.91. The van der Waals surface area contributed by atoms with E-state index in [0.29, 0.717) is 5.75 Å². The van der Waals surface area contributed by atoms with E-state index in [2.05, 4.69) is 4.90 Å². The maximum absolute atomic E-state index is 12.7. The third kappa shape index (κ3) is 4.62. The lowest BCUT2D eigenvalue weighted by atomic mass is 10.0. The van der Waals surface area contributed by atoms with Crippen LogP contribution in [0.1, 0.15) is 22.3 Å². The van der Waals surface area contributed by atoms with Crippen LogP contribution in [0.3, 0.4) is 0 Å². The van der Waals surface area contributed by atoms with Crippen molar-refractivity contribution in [3.05, 3.63) is 89.0 Å². The molecule has 1 aliphatic heterocycles. The van der Waals surface area contributed by atoms with Crippen LogP contribution >= 0.6 is 0 Å². The third-order valence-corrected chi connectivity index (χ3v) is 5.49. The fraction of sp³-hybridized carbons (Fsp3) is 0.250. The van der Waals surface area contributed by atoms with Gasteiger partial charge in [0.05, 0.1) is 5.56 Å². The average Bonchev–Trinajstić information content (AvgIpc) is 2.90. The summed E-state index contributed by atoms with van der Waals surface area (Å²) in [5, 5.41) is 9.69. The monoisotopic (exact) mass is 397 g/mol. The molecule has 0 aliphatic carbocycles. The molecule has 1 aliphatic rings. The Labute approximate surface area is 168 Å². The predicted octanol–water partition coefficient (Wildman–Crippen LogP) is 5.68. The van der Waals surface area contributed by atoms with Crippen molar-refractivity contribution >= 4 is 0 Å². The van der Waals surface area contributed by atoms with Crippen molar-refractivity contribution in [1.29, 1.82) is 0 Å². The first-order chi connectivity index (χ1) is 13.9. The number of halogens is 3. The molecule has 0 atom stereocenters. The standard InChI is InChI=1S/C24H22F3NO/c25-24(26,27)22-8-5-19(6-9-22)18-3-1-17(2-4-18)16-28-13-11-20-7-10-23(29)15-21(20)12-14-28/h1-10,15,29H,11-14,16H2. The second-order valence-electron chi connectivity index (χ2n) is 7.50. The molecule has 0 aromatic heterocycles. The van der Waals surface area contributed by atoms with Crippen molar-refractivity contribution in [3.8, 4) is 16.9 Å². The van der Waals surface area contributed by atoms with Crippen LogP contribution in [0.15, 0.2) is 66.7 Å². The molecule has 0 amide bonds. The molecule has 1 N–H and O–H groups in total. The van der Waals surface area contributed by atoms with Crippen molar-refractivity contribution in [2.75, 3.05) is 13.1 Å². The molecular formula is C24H22F3NO. The zero-order valence-electron chi connectivity index (χ0n) is 15.9. The van der Waals surface area contributed by atoms with Gasteiger partial charge in [-0.1, -0.05) is 42.5 Å². The van der Waals surface area contributed by atoms with Crippen molar-refractivity contribution in [2.45, 2.75) is 25.6 Å². The van der Waals surface area contributed by atoms with E-state index in [1.807, 2.05) is 36.4 Å². The number of nitrogens with zero attached hydrogens (tertiary/aromatic N) is 1. The quantitative estimate of drug-likeness (QED) is 0.615. The Balaban J connectivity index is 1.41. The Morgan fingerprint density at radius 2 is 1.34 bits per heavy atom. The van der Waals surface area contributed by atoms with Crippen LogP contribution in [0.5, 0.6) is 5.75 Å². The maximum atomic E-state index is 12.7. The summed E-state index contributed by atoms with van der Waals surface area (Å²) >= 11 is 0. The summed E-state index contributed by atoms with van der Waals surface area (Å²) in [6.45, 7) is 2.71. The van der Waals surface area contributed by atoms with Gasteiger partial charge < -0.3 is 5.11 Å². The molecule has 0 fully saturated rings. The molecule has 5 heteroatoms. The largest absolute Gasteiger partial charge is 0.508 e. The molecule has 4 rings (SSSR count). The number of aromatic hydroxyl groups is 1. The normalized spacial score (nSPS) is 15.0. The summed E-state index contributed by atoms with van der Waals surface area (Å²) in [7, 11) is 0. The maximum Gasteiger partial charge on any atom is 0.416 e. The number of phenols is 1. The van der Waals surface area contributed by atoms with E-state index in [-0.39, 0.29) is 0 Å². The Bertz CT molecular complexity index is 979. The van der Waals surface area contributed by atoms with Gasteiger partial charge in [0.25, 0.3) is 0 Å². The lowest BCUT2D eigenvalue weighted by Gasteiger charge is -2.20. The molecule has 1 heterocycles. The molecule has 150 valence electrons. The van der Waals surface area contributed by atoms with Gasteiger partial charge in [0.2, 0.25) is 0 Å². The van der Waals surface area contributed by atoms with Gasteiger partial charge in [-0.2, -0.15) is 13.2 Å². The Hall–Kier alpha value is -2.79. The zero-order chi connectivity index (χ0) is 20.4. The number of fused-ring (bicyclic) bond motifs is 1. The van der Waals surface area contributed by atoms with Crippen molar-refractivity contribution in [2.24, 2.45) is 0 Å². The van der Waals surface area contributed by atoms with Gasteiger partial charge >= 0.3 is 6.18 Å². The lowest BCUT2D eigenvalue weighted by Crippen LogP contribution is -2.25. The van der Waals surface area contributed by atoms with Crippen LogP contribution in [0.2, 0.25) is 0 Å². The highest BCUT2D eigenvalue weighted by molar-refractivity contribution is 5.64. The minimum absolute atomic E-state index is 0.316. The minimum Gasteiger partial charge on any atom is -0.508 e. The SMILES string of the molecule is Oc1ccc2c(c1)CCN(Cc1ccc(-c3ccc(C(F)(F)F)cc3)cc1)CC2.